The molecule has 2 amide bonds. The molecule has 1 fully saturated rings. The van der Waals surface area contributed by atoms with Crippen LogP contribution in [0.1, 0.15) is 37.8 Å². The second kappa shape index (κ2) is 8.21. The topological polar surface area (TPSA) is 52.7 Å². The molecule has 1 saturated heterocycles. The highest BCUT2D eigenvalue weighted by molar-refractivity contribution is 5.85. The molecule has 1 heterocycles. The summed E-state index contributed by atoms with van der Waals surface area (Å²) in [5, 5.41) is 2.74. The summed E-state index contributed by atoms with van der Waals surface area (Å²) in [4.78, 5) is 28.6. The lowest BCUT2D eigenvalue weighted by Gasteiger charge is -2.40. The molecule has 1 aromatic rings. The first-order chi connectivity index (χ1) is 12.5. The van der Waals surface area contributed by atoms with Gasteiger partial charge in [0.25, 0.3) is 0 Å². The average Bonchev–Trinajstić information content (AvgIpc) is 3.09. The van der Waals surface area contributed by atoms with E-state index < -0.39 is 0 Å². The van der Waals surface area contributed by atoms with Crippen molar-refractivity contribution in [2.45, 2.75) is 51.6 Å². The summed E-state index contributed by atoms with van der Waals surface area (Å²) in [5.41, 5.74) is 2.95. The minimum Gasteiger partial charge on any atom is -0.347 e. The lowest BCUT2D eigenvalue weighted by Crippen LogP contribution is -2.53. The fourth-order valence-corrected chi connectivity index (χ4v) is 4.12. The summed E-state index contributed by atoms with van der Waals surface area (Å²) in [6, 6.07) is 9.51. The van der Waals surface area contributed by atoms with Gasteiger partial charge in [-0.05, 0) is 43.4 Å². The number of benzene rings is 1. The van der Waals surface area contributed by atoms with Crippen LogP contribution in [-0.2, 0) is 22.4 Å². The molecule has 26 heavy (non-hydrogen) atoms. The van der Waals surface area contributed by atoms with Gasteiger partial charge in [0.2, 0.25) is 11.8 Å². The van der Waals surface area contributed by atoms with Crippen LogP contribution >= 0.6 is 0 Å². The van der Waals surface area contributed by atoms with E-state index in [1.807, 2.05) is 25.8 Å². The maximum atomic E-state index is 12.5. The molecule has 0 radical (unpaired) electrons. The van der Waals surface area contributed by atoms with E-state index in [-0.39, 0.29) is 30.3 Å². The number of piperidine rings is 1. The Morgan fingerprint density at radius 2 is 1.88 bits per heavy atom. The van der Waals surface area contributed by atoms with Crippen molar-refractivity contribution >= 4 is 11.8 Å². The van der Waals surface area contributed by atoms with Crippen LogP contribution in [0.5, 0.6) is 0 Å². The van der Waals surface area contributed by atoms with Crippen LogP contribution in [0.4, 0.5) is 0 Å². The molecule has 5 nitrogen and oxygen atoms in total. The number of fused-ring (bicyclic) bond motifs is 1. The first kappa shape index (κ1) is 18.9. The van der Waals surface area contributed by atoms with Gasteiger partial charge in [-0.2, -0.15) is 0 Å². The lowest BCUT2D eigenvalue weighted by atomic mass is 10.0. The number of likely N-dealkylation sites (tertiary alicyclic amines) is 1. The van der Waals surface area contributed by atoms with Crippen molar-refractivity contribution in [1.29, 1.82) is 0 Å². The molecule has 1 aromatic carbocycles. The third-order valence-electron chi connectivity index (χ3n) is 5.85. The van der Waals surface area contributed by atoms with Crippen LogP contribution in [0, 0.1) is 5.92 Å². The molecule has 1 atom stereocenters. The number of nitrogens with one attached hydrogen (secondary N) is 1. The quantitative estimate of drug-likeness (QED) is 0.875. The van der Waals surface area contributed by atoms with E-state index in [1.54, 1.807) is 0 Å². The Morgan fingerprint density at radius 1 is 1.23 bits per heavy atom. The van der Waals surface area contributed by atoms with Crippen LogP contribution in [0.25, 0.3) is 0 Å². The lowest BCUT2D eigenvalue weighted by molar-refractivity contribution is -0.135. The Morgan fingerprint density at radius 3 is 2.50 bits per heavy atom. The maximum Gasteiger partial charge on any atom is 0.242 e. The highest BCUT2D eigenvalue weighted by atomic mass is 16.2. The highest BCUT2D eigenvalue weighted by Gasteiger charge is 2.32. The molecule has 142 valence electrons. The van der Waals surface area contributed by atoms with Crippen molar-refractivity contribution in [3.8, 4) is 0 Å². The number of nitrogens with zero attached hydrogens (tertiary/aromatic N) is 2. The van der Waals surface area contributed by atoms with Crippen LogP contribution in [0.3, 0.4) is 0 Å². The van der Waals surface area contributed by atoms with Gasteiger partial charge < -0.3 is 10.2 Å². The molecule has 5 heteroatoms. The Bertz CT molecular complexity index is 633. The zero-order chi connectivity index (χ0) is 18.7. The first-order valence-corrected chi connectivity index (χ1v) is 9.80. The molecule has 0 aromatic heterocycles. The molecule has 3 rings (SSSR count). The summed E-state index contributed by atoms with van der Waals surface area (Å²) in [7, 11) is 1.88. The Kier molecular flexibility index (Phi) is 5.97. The molecule has 0 bridgehead atoms. The van der Waals surface area contributed by atoms with Crippen molar-refractivity contribution < 1.29 is 9.59 Å². The van der Waals surface area contributed by atoms with Gasteiger partial charge in [-0.15, -0.1) is 0 Å². The van der Waals surface area contributed by atoms with E-state index in [2.05, 4.69) is 34.5 Å². The summed E-state index contributed by atoms with van der Waals surface area (Å²) in [6.07, 6.45) is 4.39. The predicted octanol–water partition coefficient (Wildman–Crippen LogP) is 1.85. The van der Waals surface area contributed by atoms with Gasteiger partial charge >= 0.3 is 0 Å². The van der Waals surface area contributed by atoms with Gasteiger partial charge in [0.05, 0.1) is 6.54 Å². The van der Waals surface area contributed by atoms with E-state index in [0.717, 1.165) is 38.8 Å². The third-order valence-corrected chi connectivity index (χ3v) is 5.85. The highest BCUT2D eigenvalue weighted by Crippen LogP contribution is 2.28. The van der Waals surface area contributed by atoms with Gasteiger partial charge in [-0.3, -0.25) is 14.5 Å². The van der Waals surface area contributed by atoms with Crippen LogP contribution < -0.4 is 5.32 Å². The Balaban J connectivity index is 1.53. The van der Waals surface area contributed by atoms with Gasteiger partial charge in [-0.25, -0.2) is 0 Å². The molecular formula is C21H31N3O2. The smallest absolute Gasteiger partial charge is 0.242 e. The maximum absolute atomic E-state index is 12.5. The zero-order valence-electron chi connectivity index (χ0n) is 16.2. The van der Waals surface area contributed by atoms with E-state index in [0.29, 0.717) is 6.04 Å². The van der Waals surface area contributed by atoms with Gasteiger partial charge in [-0.1, -0.05) is 38.1 Å². The SMILES string of the molecule is CC(C)C(=O)NCC(=O)N(C)C1CCCN(C2Cc3ccccc3C2)C1. The van der Waals surface area contributed by atoms with Crippen LogP contribution in [-0.4, -0.2) is 60.4 Å². The standard InChI is InChI=1S/C21H31N3O2/c1-15(2)21(26)22-13-20(25)23(3)18-9-6-10-24(14-18)19-11-16-7-4-5-8-17(16)12-19/h4-5,7-8,15,18-19H,6,9-14H2,1-3H3,(H,22,26). The van der Waals surface area contributed by atoms with E-state index in [1.165, 1.54) is 11.1 Å². The average molecular weight is 357 g/mol. The molecular weight excluding hydrogens is 326 g/mol. The molecule has 1 N–H and O–H groups in total. The molecule has 2 aliphatic rings. The normalized spacial score (nSPS) is 20.8. The second-order valence-corrected chi connectivity index (χ2v) is 8.00. The second-order valence-electron chi connectivity index (χ2n) is 8.00. The predicted molar refractivity (Wildman–Crippen MR) is 103 cm³/mol. The van der Waals surface area contributed by atoms with E-state index >= 15 is 0 Å². The van der Waals surface area contributed by atoms with Crippen molar-refractivity contribution in [1.82, 2.24) is 15.1 Å². The largest absolute Gasteiger partial charge is 0.347 e. The number of amides is 2. The fourth-order valence-electron chi connectivity index (χ4n) is 4.12. The molecule has 1 unspecified atom stereocenters. The van der Waals surface area contributed by atoms with Gasteiger partial charge in [0.15, 0.2) is 0 Å². The van der Waals surface area contributed by atoms with Gasteiger partial charge in [0, 0.05) is 31.6 Å². The number of carbonyl (C=O) groups excluding carboxylic acids is 2. The van der Waals surface area contributed by atoms with Crippen molar-refractivity contribution in [3.05, 3.63) is 35.4 Å². The molecule has 0 spiro atoms. The van der Waals surface area contributed by atoms with E-state index in [4.69, 9.17) is 0 Å². The summed E-state index contributed by atoms with van der Waals surface area (Å²) in [5.74, 6) is -0.163. The number of carbonyl (C=O) groups is 2. The molecule has 1 aliphatic heterocycles. The van der Waals surface area contributed by atoms with Crippen molar-refractivity contribution in [2.75, 3.05) is 26.7 Å². The Hall–Kier alpha value is -1.88. The van der Waals surface area contributed by atoms with Crippen molar-refractivity contribution in [3.63, 3.8) is 0 Å². The number of hydrogen-bond acceptors (Lipinski definition) is 3. The number of hydrogen-bond donors (Lipinski definition) is 1. The molecule has 0 saturated carbocycles. The minimum atomic E-state index is -0.0951. The third kappa shape index (κ3) is 4.26. The summed E-state index contributed by atoms with van der Waals surface area (Å²) >= 11 is 0. The number of rotatable bonds is 5. The zero-order valence-corrected chi connectivity index (χ0v) is 16.2. The first-order valence-electron chi connectivity index (χ1n) is 9.80. The fraction of sp³-hybridized carbons (Fsp3) is 0.619. The van der Waals surface area contributed by atoms with Crippen LogP contribution in [0.2, 0.25) is 0 Å². The van der Waals surface area contributed by atoms with Crippen LogP contribution in [0.15, 0.2) is 24.3 Å². The van der Waals surface area contributed by atoms with E-state index in [9.17, 15) is 9.59 Å². The van der Waals surface area contributed by atoms with Gasteiger partial charge in [0.1, 0.15) is 0 Å². The minimum absolute atomic E-state index is 0.000517. The monoisotopic (exact) mass is 357 g/mol. The number of likely N-dealkylation sites (N-methyl/N-ethyl adjacent to an activating group) is 1. The summed E-state index contributed by atoms with van der Waals surface area (Å²) in [6.45, 7) is 5.81. The molecule has 1 aliphatic carbocycles. The summed E-state index contributed by atoms with van der Waals surface area (Å²) < 4.78 is 0. The Labute approximate surface area is 156 Å². The van der Waals surface area contributed by atoms with Crippen molar-refractivity contribution in [2.24, 2.45) is 5.92 Å².